The average Bonchev–Trinajstić information content (AvgIpc) is 3.36. The van der Waals surface area contributed by atoms with Crippen LogP contribution in [-0.4, -0.2) is 22.3 Å². The fraction of sp³-hybridized carbons (Fsp3) is 0.720. The molecule has 1 atom stereocenters. The van der Waals surface area contributed by atoms with Crippen LogP contribution in [0.3, 0.4) is 0 Å². The number of rotatable bonds is 8. The van der Waals surface area contributed by atoms with Crippen LogP contribution in [0.2, 0.25) is 0 Å². The number of aryl methyl sites for hydroxylation is 1. The predicted octanol–water partition coefficient (Wildman–Crippen LogP) is 7.49. The summed E-state index contributed by atoms with van der Waals surface area (Å²) in [6, 6.07) is 3.55. The minimum absolute atomic E-state index is 0.0936. The van der Waals surface area contributed by atoms with Crippen LogP contribution in [0.4, 0.5) is 0 Å². The van der Waals surface area contributed by atoms with Gasteiger partial charge in [0.2, 0.25) is 0 Å². The van der Waals surface area contributed by atoms with E-state index < -0.39 is 5.97 Å². The minimum Gasteiger partial charge on any atom is -0.477 e. The number of carboxylic acids is 1. The highest BCUT2D eigenvalue weighted by Crippen LogP contribution is 2.47. The van der Waals surface area contributed by atoms with E-state index in [1.807, 2.05) is 19.9 Å². The number of aliphatic hydroxyl groups is 1. The molecular weight excluding hydrogens is 380 g/mol. The van der Waals surface area contributed by atoms with Crippen LogP contribution in [0.1, 0.15) is 106 Å². The Bertz CT molecular complexity index is 589. The molecule has 1 aromatic rings. The first-order chi connectivity index (χ1) is 14.0. The van der Waals surface area contributed by atoms with Gasteiger partial charge in [-0.3, -0.25) is 0 Å². The maximum atomic E-state index is 10.4. The smallest absolute Gasteiger partial charge is 0.345 e. The number of hydrogen-bond acceptors (Lipinski definition) is 3. The highest BCUT2D eigenvalue weighted by atomic mass is 32.1. The second-order valence-electron chi connectivity index (χ2n) is 8.11. The number of aliphatic hydroxyl groups excluding tert-OH is 1. The molecular formula is C25H42O3S. The average molecular weight is 423 g/mol. The molecule has 0 bridgehead atoms. The van der Waals surface area contributed by atoms with Gasteiger partial charge in [-0.1, -0.05) is 65.5 Å². The van der Waals surface area contributed by atoms with Crippen molar-refractivity contribution in [3.05, 3.63) is 34.0 Å². The standard InChI is InChI=1S/C15H26O.C8H10O2S.C2H6/c1-2-15(11-6-12-15)14(16)10-5-9-13-7-3-4-8-13;1-2-3-6-4-5-7(11-6)8(9)10;1-2/h5,9,13-14,16H,2-4,6-8,10-12H2,1H3;4-5H,2-3H2,1H3,(H,9,10);1-2H3/b9-5+;;. The Kier molecular flexibility index (Phi) is 12.5. The van der Waals surface area contributed by atoms with Gasteiger partial charge < -0.3 is 10.2 Å². The van der Waals surface area contributed by atoms with Crippen LogP contribution in [-0.2, 0) is 6.42 Å². The molecule has 0 aliphatic heterocycles. The van der Waals surface area contributed by atoms with E-state index in [1.165, 1.54) is 56.3 Å². The summed E-state index contributed by atoms with van der Waals surface area (Å²) in [5, 5.41) is 18.8. The number of hydrogen-bond donors (Lipinski definition) is 2. The van der Waals surface area contributed by atoms with Crippen LogP contribution >= 0.6 is 11.3 Å². The molecule has 29 heavy (non-hydrogen) atoms. The molecule has 2 aliphatic rings. The largest absolute Gasteiger partial charge is 0.477 e. The van der Waals surface area contributed by atoms with Gasteiger partial charge in [-0.05, 0) is 68.4 Å². The molecule has 2 fully saturated rings. The van der Waals surface area contributed by atoms with E-state index in [2.05, 4.69) is 26.0 Å². The Balaban J connectivity index is 0.000000284. The van der Waals surface area contributed by atoms with Crippen molar-refractivity contribution in [3.8, 4) is 0 Å². The molecule has 0 amide bonds. The second-order valence-corrected chi connectivity index (χ2v) is 9.28. The third kappa shape index (κ3) is 8.25. The summed E-state index contributed by atoms with van der Waals surface area (Å²) in [4.78, 5) is 12.0. The lowest BCUT2D eigenvalue weighted by atomic mass is 9.63. The maximum absolute atomic E-state index is 10.4. The van der Waals surface area contributed by atoms with Gasteiger partial charge in [-0.2, -0.15) is 0 Å². The molecule has 2 aliphatic carbocycles. The molecule has 166 valence electrons. The first kappa shape index (κ1) is 25.9. The zero-order valence-corrected chi connectivity index (χ0v) is 19.8. The summed E-state index contributed by atoms with van der Waals surface area (Å²) in [7, 11) is 0. The lowest BCUT2D eigenvalue weighted by Crippen LogP contribution is -2.40. The number of thiophene rings is 1. The van der Waals surface area contributed by atoms with Gasteiger partial charge in [0, 0.05) is 4.88 Å². The third-order valence-corrected chi connectivity index (χ3v) is 7.43. The summed E-state index contributed by atoms with van der Waals surface area (Å²) in [6.07, 6.45) is 17.9. The Morgan fingerprint density at radius 1 is 1.21 bits per heavy atom. The van der Waals surface area contributed by atoms with Gasteiger partial charge in [0.15, 0.2) is 0 Å². The molecule has 4 heteroatoms. The van der Waals surface area contributed by atoms with Gasteiger partial charge in [0.25, 0.3) is 0 Å². The monoisotopic (exact) mass is 422 g/mol. The Labute approximate surface area is 182 Å². The lowest BCUT2D eigenvalue weighted by molar-refractivity contribution is -0.0355. The molecule has 3 nitrogen and oxygen atoms in total. The lowest BCUT2D eigenvalue weighted by Gasteiger charge is -2.45. The molecule has 1 unspecified atom stereocenters. The van der Waals surface area contributed by atoms with Crippen LogP contribution in [0, 0.1) is 11.3 Å². The van der Waals surface area contributed by atoms with Crippen molar-refractivity contribution in [3.63, 3.8) is 0 Å². The van der Waals surface area contributed by atoms with Gasteiger partial charge in [-0.25, -0.2) is 4.79 Å². The maximum Gasteiger partial charge on any atom is 0.345 e. The Morgan fingerprint density at radius 2 is 1.86 bits per heavy atom. The number of allylic oxidation sites excluding steroid dienone is 1. The van der Waals surface area contributed by atoms with E-state index in [0.717, 1.165) is 36.5 Å². The van der Waals surface area contributed by atoms with Crippen molar-refractivity contribution in [1.29, 1.82) is 0 Å². The van der Waals surface area contributed by atoms with Crippen molar-refractivity contribution in [2.24, 2.45) is 11.3 Å². The summed E-state index contributed by atoms with van der Waals surface area (Å²) >= 11 is 1.37. The molecule has 2 saturated carbocycles. The first-order valence-electron chi connectivity index (χ1n) is 11.7. The van der Waals surface area contributed by atoms with Gasteiger partial charge in [-0.15, -0.1) is 11.3 Å². The van der Waals surface area contributed by atoms with Crippen molar-refractivity contribution >= 4 is 17.3 Å². The molecule has 0 aromatic carbocycles. The van der Waals surface area contributed by atoms with E-state index in [4.69, 9.17) is 5.11 Å². The molecule has 1 aromatic heterocycles. The first-order valence-corrected chi connectivity index (χ1v) is 12.5. The third-order valence-electron chi connectivity index (χ3n) is 6.30. The molecule has 1 heterocycles. The highest BCUT2D eigenvalue weighted by molar-refractivity contribution is 7.13. The van der Waals surface area contributed by atoms with Crippen LogP contribution in [0.25, 0.3) is 0 Å². The summed E-state index contributed by atoms with van der Waals surface area (Å²) < 4.78 is 0. The summed E-state index contributed by atoms with van der Waals surface area (Å²) in [5.74, 6) is -0.0106. The fourth-order valence-corrected chi connectivity index (χ4v) is 5.17. The van der Waals surface area contributed by atoms with Crippen LogP contribution < -0.4 is 0 Å². The normalized spacial score (nSPS) is 18.9. The van der Waals surface area contributed by atoms with Crippen molar-refractivity contribution in [1.82, 2.24) is 0 Å². The van der Waals surface area contributed by atoms with Crippen molar-refractivity contribution < 1.29 is 15.0 Å². The van der Waals surface area contributed by atoms with Crippen LogP contribution in [0.15, 0.2) is 24.3 Å². The summed E-state index contributed by atoms with van der Waals surface area (Å²) in [6.45, 7) is 8.31. The number of aromatic carboxylic acids is 1. The topological polar surface area (TPSA) is 57.5 Å². The van der Waals surface area contributed by atoms with Gasteiger partial charge in [0.05, 0.1) is 6.10 Å². The molecule has 0 saturated heterocycles. The zero-order chi connectivity index (χ0) is 21.7. The minimum atomic E-state index is -0.822. The highest BCUT2D eigenvalue weighted by Gasteiger charge is 2.40. The number of carboxylic acid groups (broad SMARTS) is 1. The Morgan fingerprint density at radius 3 is 2.31 bits per heavy atom. The zero-order valence-electron chi connectivity index (χ0n) is 19.0. The van der Waals surface area contributed by atoms with E-state index >= 15 is 0 Å². The van der Waals surface area contributed by atoms with Crippen molar-refractivity contribution in [2.75, 3.05) is 0 Å². The quantitative estimate of drug-likeness (QED) is 0.427. The predicted molar refractivity (Wildman–Crippen MR) is 125 cm³/mol. The number of carbonyl (C=O) groups is 1. The van der Waals surface area contributed by atoms with Gasteiger partial charge in [0.1, 0.15) is 4.88 Å². The van der Waals surface area contributed by atoms with E-state index in [9.17, 15) is 9.90 Å². The molecule has 2 N–H and O–H groups in total. The van der Waals surface area contributed by atoms with Crippen LogP contribution in [0.5, 0.6) is 0 Å². The SMILES string of the molecule is CC.CCC1(C(O)C/C=C/C2CCCC2)CCC1.CCCc1ccc(C(=O)O)s1. The fourth-order valence-electron chi connectivity index (χ4n) is 4.23. The van der Waals surface area contributed by atoms with E-state index in [-0.39, 0.29) is 11.5 Å². The molecule has 0 radical (unpaired) electrons. The van der Waals surface area contributed by atoms with Gasteiger partial charge >= 0.3 is 5.97 Å². The summed E-state index contributed by atoms with van der Waals surface area (Å²) in [5.41, 5.74) is 0.278. The second kappa shape index (κ2) is 14.0. The Hall–Kier alpha value is -1.13. The molecule has 0 spiro atoms. The van der Waals surface area contributed by atoms with E-state index in [1.54, 1.807) is 6.07 Å². The molecule has 3 rings (SSSR count). The van der Waals surface area contributed by atoms with E-state index in [0.29, 0.717) is 4.88 Å². The van der Waals surface area contributed by atoms with Crippen molar-refractivity contribution in [2.45, 2.75) is 104 Å².